The van der Waals surface area contributed by atoms with Crippen LogP contribution in [0.4, 0.5) is 0 Å². The van der Waals surface area contributed by atoms with Gasteiger partial charge in [-0.25, -0.2) is 9.78 Å². The third-order valence-corrected chi connectivity index (χ3v) is 3.81. The van der Waals surface area contributed by atoms with Gasteiger partial charge in [-0.15, -0.1) is 23.4 Å². The molecule has 1 aromatic rings. The summed E-state index contributed by atoms with van der Waals surface area (Å²) in [6.07, 6.45) is 1.67. The topological polar surface area (TPSA) is 39.2 Å². The average molecular weight is 260 g/mol. The van der Waals surface area contributed by atoms with Crippen LogP contribution >= 0.6 is 23.4 Å². The average Bonchev–Trinajstić information content (AvgIpc) is 2.35. The van der Waals surface area contributed by atoms with Gasteiger partial charge in [0, 0.05) is 17.8 Å². The van der Waals surface area contributed by atoms with Gasteiger partial charge >= 0.3 is 5.97 Å². The van der Waals surface area contributed by atoms with Crippen molar-refractivity contribution < 1.29 is 9.53 Å². The van der Waals surface area contributed by atoms with Crippen LogP contribution in [0.1, 0.15) is 17.3 Å². The molecule has 1 unspecified atom stereocenters. The Morgan fingerprint density at radius 2 is 2.44 bits per heavy atom. The van der Waals surface area contributed by atoms with E-state index in [1.807, 2.05) is 0 Å². The molecule has 1 rings (SSSR count). The van der Waals surface area contributed by atoms with E-state index >= 15 is 0 Å². The second kappa shape index (κ2) is 6.76. The van der Waals surface area contributed by atoms with Gasteiger partial charge in [-0.2, -0.15) is 0 Å². The van der Waals surface area contributed by atoms with Crippen molar-refractivity contribution >= 4 is 29.3 Å². The van der Waals surface area contributed by atoms with Crippen LogP contribution in [-0.2, 0) is 4.74 Å². The van der Waals surface area contributed by atoms with Crippen LogP contribution in [0.15, 0.2) is 23.4 Å². The van der Waals surface area contributed by atoms with Gasteiger partial charge in [-0.05, 0) is 18.1 Å². The molecule has 0 amide bonds. The van der Waals surface area contributed by atoms with Crippen molar-refractivity contribution in [1.29, 1.82) is 0 Å². The molecule has 0 spiro atoms. The summed E-state index contributed by atoms with van der Waals surface area (Å²) in [5, 5.41) is 0.700. The fourth-order valence-electron chi connectivity index (χ4n) is 1.04. The number of aromatic nitrogens is 1. The number of carbonyl (C=O) groups excluding carboxylic acids is 1. The fraction of sp³-hybridized carbons (Fsp3) is 0.455. The van der Waals surface area contributed by atoms with Gasteiger partial charge in [-0.1, -0.05) is 6.92 Å². The van der Waals surface area contributed by atoms with Gasteiger partial charge in [-0.3, -0.25) is 0 Å². The summed E-state index contributed by atoms with van der Waals surface area (Å²) in [7, 11) is 1.37. The summed E-state index contributed by atoms with van der Waals surface area (Å²) in [4.78, 5) is 15.6. The summed E-state index contributed by atoms with van der Waals surface area (Å²) in [6, 6.07) is 3.44. The Labute approximate surface area is 105 Å². The summed E-state index contributed by atoms with van der Waals surface area (Å²) in [6.45, 7) is 2.06. The zero-order valence-corrected chi connectivity index (χ0v) is 10.8. The summed E-state index contributed by atoms with van der Waals surface area (Å²) in [5.74, 6) is 1.48. The number of rotatable bonds is 5. The number of halogens is 1. The molecule has 0 fully saturated rings. The predicted octanol–water partition coefficient (Wildman–Crippen LogP) is 2.84. The van der Waals surface area contributed by atoms with Crippen molar-refractivity contribution in [1.82, 2.24) is 4.98 Å². The lowest BCUT2D eigenvalue weighted by atomic mass is 10.3. The van der Waals surface area contributed by atoms with E-state index in [2.05, 4.69) is 11.9 Å². The molecule has 0 aliphatic rings. The zero-order chi connectivity index (χ0) is 12.0. The van der Waals surface area contributed by atoms with Gasteiger partial charge in [0.2, 0.25) is 0 Å². The number of carbonyl (C=O) groups is 1. The molecule has 0 aromatic carbocycles. The van der Waals surface area contributed by atoms with Gasteiger partial charge in [0.15, 0.2) is 0 Å². The van der Waals surface area contributed by atoms with Crippen LogP contribution in [-0.4, -0.2) is 29.7 Å². The molecule has 88 valence electrons. The fourth-order valence-corrected chi connectivity index (χ4v) is 2.28. The van der Waals surface area contributed by atoms with Gasteiger partial charge in [0.1, 0.15) is 5.03 Å². The number of hydrogen-bond acceptors (Lipinski definition) is 4. The van der Waals surface area contributed by atoms with Crippen LogP contribution in [0.5, 0.6) is 0 Å². The first-order valence-electron chi connectivity index (χ1n) is 4.91. The molecule has 0 bridgehead atoms. The minimum Gasteiger partial charge on any atom is -0.465 e. The smallest absolute Gasteiger partial charge is 0.340 e. The normalized spacial score (nSPS) is 12.2. The molecule has 0 saturated carbocycles. The van der Waals surface area contributed by atoms with Crippen LogP contribution in [0.25, 0.3) is 0 Å². The van der Waals surface area contributed by atoms with E-state index in [1.165, 1.54) is 18.9 Å². The predicted molar refractivity (Wildman–Crippen MR) is 66.2 cm³/mol. The van der Waals surface area contributed by atoms with Crippen molar-refractivity contribution in [3.8, 4) is 0 Å². The highest BCUT2D eigenvalue weighted by atomic mass is 35.5. The molecule has 3 nitrogen and oxygen atoms in total. The van der Waals surface area contributed by atoms with Crippen molar-refractivity contribution in [2.45, 2.75) is 11.9 Å². The molecule has 0 aliphatic carbocycles. The Balaban J connectivity index is 2.75. The van der Waals surface area contributed by atoms with E-state index in [0.717, 1.165) is 5.75 Å². The van der Waals surface area contributed by atoms with Crippen LogP contribution in [0, 0.1) is 5.92 Å². The quantitative estimate of drug-likeness (QED) is 0.463. The monoisotopic (exact) mass is 259 g/mol. The highest BCUT2D eigenvalue weighted by molar-refractivity contribution is 7.99. The second-order valence-electron chi connectivity index (χ2n) is 3.42. The minimum atomic E-state index is -0.353. The van der Waals surface area contributed by atoms with Crippen LogP contribution < -0.4 is 0 Å². The molecule has 0 saturated heterocycles. The maximum atomic E-state index is 11.4. The first-order chi connectivity index (χ1) is 7.69. The van der Waals surface area contributed by atoms with E-state index in [4.69, 9.17) is 16.3 Å². The Hall–Kier alpha value is -0.740. The Morgan fingerprint density at radius 3 is 3.06 bits per heavy atom. The molecule has 16 heavy (non-hydrogen) atoms. The first kappa shape index (κ1) is 13.3. The molecule has 5 heteroatoms. The molecular weight excluding hydrogens is 246 g/mol. The van der Waals surface area contributed by atoms with Gasteiger partial charge in [0.25, 0.3) is 0 Å². The van der Waals surface area contributed by atoms with E-state index in [-0.39, 0.29) is 5.97 Å². The minimum absolute atomic E-state index is 0.353. The van der Waals surface area contributed by atoms with Crippen molar-refractivity contribution in [3.05, 3.63) is 23.9 Å². The first-order valence-corrected chi connectivity index (χ1v) is 6.43. The molecule has 1 atom stereocenters. The lowest BCUT2D eigenvalue weighted by Crippen LogP contribution is -2.06. The third-order valence-electron chi connectivity index (χ3n) is 1.94. The Morgan fingerprint density at radius 1 is 1.69 bits per heavy atom. The maximum Gasteiger partial charge on any atom is 0.340 e. The van der Waals surface area contributed by atoms with Crippen LogP contribution in [0.3, 0.4) is 0 Å². The number of alkyl halides is 1. The number of thioether (sulfide) groups is 1. The lowest BCUT2D eigenvalue weighted by molar-refractivity contribution is 0.0596. The highest BCUT2D eigenvalue weighted by Gasteiger charge is 2.13. The Kier molecular flexibility index (Phi) is 5.63. The van der Waals surface area contributed by atoms with Crippen molar-refractivity contribution in [2.75, 3.05) is 18.7 Å². The molecule has 0 aliphatic heterocycles. The van der Waals surface area contributed by atoms with Crippen molar-refractivity contribution in [3.63, 3.8) is 0 Å². The van der Waals surface area contributed by atoms with E-state index in [1.54, 1.807) is 18.3 Å². The van der Waals surface area contributed by atoms with E-state index < -0.39 is 0 Å². The van der Waals surface area contributed by atoms with E-state index in [0.29, 0.717) is 22.4 Å². The lowest BCUT2D eigenvalue weighted by Gasteiger charge is -2.08. The van der Waals surface area contributed by atoms with Crippen LogP contribution in [0.2, 0.25) is 0 Å². The molecule has 1 heterocycles. The van der Waals surface area contributed by atoms with Gasteiger partial charge < -0.3 is 4.74 Å². The van der Waals surface area contributed by atoms with Gasteiger partial charge in [0.05, 0.1) is 12.7 Å². The zero-order valence-electron chi connectivity index (χ0n) is 9.27. The number of methoxy groups -OCH3 is 1. The maximum absolute atomic E-state index is 11.4. The number of esters is 1. The van der Waals surface area contributed by atoms with E-state index in [9.17, 15) is 4.79 Å². The summed E-state index contributed by atoms with van der Waals surface area (Å²) in [5.41, 5.74) is 0.511. The second-order valence-corrected chi connectivity index (χ2v) is 4.74. The standard InChI is InChI=1S/C11H14ClNO2S/c1-8(6-12)7-16-10-9(11(14)15-2)4-3-5-13-10/h3-5,8H,6-7H2,1-2H3. The Bertz CT molecular complexity index is 360. The highest BCUT2D eigenvalue weighted by Crippen LogP contribution is 2.23. The number of pyridine rings is 1. The SMILES string of the molecule is COC(=O)c1cccnc1SCC(C)CCl. The molecule has 0 N–H and O–H groups in total. The molecule has 0 radical (unpaired) electrons. The van der Waals surface area contributed by atoms with Crippen molar-refractivity contribution in [2.24, 2.45) is 5.92 Å². The summed E-state index contributed by atoms with van der Waals surface area (Å²) >= 11 is 7.25. The third kappa shape index (κ3) is 3.68. The molecule has 1 aromatic heterocycles. The number of nitrogens with zero attached hydrogens (tertiary/aromatic N) is 1. The molecular formula is C11H14ClNO2S. The number of hydrogen-bond donors (Lipinski definition) is 0. The summed E-state index contributed by atoms with van der Waals surface area (Å²) < 4.78 is 4.69. The number of ether oxygens (including phenoxy) is 1. The largest absolute Gasteiger partial charge is 0.465 e.